The molecule has 202 valence electrons. The lowest BCUT2D eigenvalue weighted by molar-refractivity contribution is -0.137. The van der Waals surface area contributed by atoms with Gasteiger partial charge < -0.3 is 9.80 Å². The van der Waals surface area contributed by atoms with Gasteiger partial charge in [-0.25, -0.2) is 9.37 Å². The van der Waals surface area contributed by atoms with Crippen molar-refractivity contribution in [1.82, 2.24) is 19.4 Å². The second-order valence-corrected chi connectivity index (χ2v) is 10.9. The number of fused-ring (bicyclic) bond motifs is 1. The Balaban J connectivity index is 1.14. The zero-order chi connectivity index (χ0) is 26.9. The molecule has 0 aliphatic carbocycles. The molecular weight excluding hydrogens is 489 g/mol. The molecule has 0 saturated carbocycles. The molecule has 0 N–H and O–H groups in total. The Hall–Kier alpha value is -3.71. The van der Waals surface area contributed by atoms with Crippen molar-refractivity contribution in [3.05, 3.63) is 89.5 Å². The number of halogens is 1. The normalized spacial score (nSPS) is 18.6. The molecule has 2 aliphatic rings. The summed E-state index contributed by atoms with van der Waals surface area (Å²) in [5, 5.41) is 0. The van der Waals surface area contributed by atoms with E-state index < -0.39 is 0 Å². The molecule has 0 spiro atoms. The molecule has 2 fully saturated rings. The highest BCUT2D eigenvalue weighted by Crippen LogP contribution is 2.27. The summed E-state index contributed by atoms with van der Waals surface area (Å²) in [6.45, 7) is 9.94. The van der Waals surface area contributed by atoms with Gasteiger partial charge in [0.25, 0.3) is 0 Å². The van der Waals surface area contributed by atoms with Gasteiger partial charge in [-0.05, 0) is 86.8 Å². The fourth-order valence-electron chi connectivity index (χ4n) is 6.17. The number of aryl methyl sites for hydroxylation is 1. The van der Waals surface area contributed by atoms with E-state index in [9.17, 15) is 9.18 Å². The molecule has 4 aromatic rings. The molecule has 1 aromatic heterocycles. The molecule has 2 saturated heterocycles. The third-order valence-corrected chi connectivity index (χ3v) is 8.44. The van der Waals surface area contributed by atoms with Crippen molar-refractivity contribution in [2.45, 2.75) is 33.2 Å². The Bertz CT molecular complexity index is 1470. The third-order valence-electron chi connectivity index (χ3n) is 8.44. The summed E-state index contributed by atoms with van der Waals surface area (Å²) in [6, 6.07) is 21.1. The monoisotopic (exact) mass is 525 g/mol. The van der Waals surface area contributed by atoms with Crippen LogP contribution in [0.2, 0.25) is 0 Å². The number of amides is 1. The van der Waals surface area contributed by atoms with Crippen LogP contribution >= 0.6 is 0 Å². The lowest BCUT2D eigenvalue weighted by Crippen LogP contribution is -2.52. The molecule has 0 unspecified atom stereocenters. The second-order valence-electron chi connectivity index (χ2n) is 10.9. The average Bonchev–Trinajstić information content (AvgIpc) is 3.32. The van der Waals surface area contributed by atoms with Crippen LogP contribution < -0.4 is 4.90 Å². The van der Waals surface area contributed by atoms with Crippen molar-refractivity contribution < 1.29 is 9.18 Å². The molecule has 1 atom stereocenters. The summed E-state index contributed by atoms with van der Waals surface area (Å²) in [5.41, 5.74) is 6.74. The van der Waals surface area contributed by atoms with Crippen LogP contribution in [0.25, 0.3) is 16.7 Å². The Kier molecular flexibility index (Phi) is 7.09. The van der Waals surface area contributed by atoms with E-state index in [2.05, 4.69) is 57.4 Å². The highest BCUT2D eigenvalue weighted by molar-refractivity contribution is 5.80. The highest BCUT2D eigenvalue weighted by atomic mass is 19.1. The molecule has 7 heteroatoms. The SMILES string of the molecule is Cc1cccc(N2CCN(C(=O)[C@H]3CCCN(Cc4nc5ccccc5n4-c4ccc(F)cc4)C3)CC2)c1C. The summed E-state index contributed by atoms with van der Waals surface area (Å²) < 4.78 is 15.8. The summed E-state index contributed by atoms with van der Waals surface area (Å²) in [4.78, 5) is 25.4. The van der Waals surface area contributed by atoms with Crippen LogP contribution in [0.4, 0.5) is 10.1 Å². The van der Waals surface area contributed by atoms with E-state index in [-0.39, 0.29) is 17.6 Å². The first-order valence-electron chi connectivity index (χ1n) is 14.0. The van der Waals surface area contributed by atoms with Gasteiger partial charge >= 0.3 is 0 Å². The molecule has 0 bridgehead atoms. The van der Waals surface area contributed by atoms with Crippen molar-refractivity contribution in [2.75, 3.05) is 44.2 Å². The van der Waals surface area contributed by atoms with Crippen LogP contribution in [0.15, 0.2) is 66.7 Å². The number of piperazine rings is 1. The number of aromatic nitrogens is 2. The summed E-state index contributed by atoms with van der Waals surface area (Å²) in [5.74, 6) is 0.956. The van der Waals surface area contributed by atoms with E-state index >= 15 is 0 Å². The van der Waals surface area contributed by atoms with Gasteiger partial charge in [0.1, 0.15) is 11.6 Å². The van der Waals surface area contributed by atoms with Gasteiger partial charge in [-0.1, -0.05) is 24.3 Å². The molecule has 6 nitrogen and oxygen atoms in total. The maximum Gasteiger partial charge on any atom is 0.227 e. The van der Waals surface area contributed by atoms with Crippen LogP contribution in [0.3, 0.4) is 0 Å². The van der Waals surface area contributed by atoms with Crippen LogP contribution in [0, 0.1) is 25.6 Å². The van der Waals surface area contributed by atoms with E-state index in [1.165, 1.54) is 28.9 Å². The third kappa shape index (κ3) is 5.15. The number of hydrogen-bond donors (Lipinski definition) is 0. The maximum atomic E-state index is 13.7. The predicted octanol–water partition coefficient (Wildman–Crippen LogP) is 5.34. The number of anilines is 1. The minimum atomic E-state index is -0.253. The summed E-state index contributed by atoms with van der Waals surface area (Å²) in [6.07, 6.45) is 1.93. The van der Waals surface area contributed by atoms with Gasteiger partial charge in [0, 0.05) is 44.1 Å². The van der Waals surface area contributed by atoms with Gasteiger partial charge in [-0.2, -0.15) is 0 Å². The number of hydrogen-bond acceptors (Lipinski definition) is 4. The van der Waals surface area contributed by atoms with Gasteiger partial charge in [0.15, 0.2) is 0 Å². The molecule has 3 aromatic carbocycles. The Morgan fingerprint density at radius 1 is 0.923 bits per heavy atom. The number of likely N-dealkylation sites (tertiary alicyclic amines) is 1. The van der Waals surface area contributed by atoms with Crippen LogP contribution in [-0.2, 0) is 11.3 Å². The van der Waals surface area contributed by atoms with E-state index in [0.717, 1.165) is 74.7 Å². The molecule has 3 heterocycles. The summed E-state index contributed by atoms with van der Waals surface area (Å²) in [7, 11) is 0. The van der Waals surface area contributed by atoms with Crippen molar-refractivity contribution in [3.63, 3.8) is 0 Å². The number of carbonyl (C=O) groups excluding carboxylic acids is 1. The first-order valence-corrected chi connectivity index (χ1v) is 14.0. The minimum Gasteiger partial charge on any atom is -0.368 e. The van der Waals surface area contributed by atoms with E-state index in [4.69, 9.17) is 4.98 Å². The molecule has 0 radical (unpaired) electrons. The molecule has 6 rings (SSSR count). The van der Waals surface area contributed by atoms with E-state index in [1.54, 1.807) is 12.1 Å². The van der Waals surface area contributed by atoms with E-state index in [1.807, 2.05) is 18.2 Å². The Morgan fingerprint density at radius 3 is 2.49 bits per heavy atom. The molecular formula is C32H36FN5O. The number of carbonyl (C=O) groups is 1. The molecule has 2 aliphatic heterocycles. The fraction of sp³-hybridized carbons (Fsp3) is 0.375. The number of para-hydroxylation sites is 2. The largest absolute Gasteiger partial charge is 0.368 e. The van der Waals surface area contributed by atoms with Crippen molar-refractivity contribution in [1.29, 1.82) is 0 Å². The average molecular weight is 526 g/mol. The topological polar surface area (TPSA) is 44.6 Å². The fourth-order valence-corrected chi connectivity index (χ4v) is 6.17. The number of imidazole rings is 1. The lowest BCUT2D eigenvalue weighted by Gasteiger charge is -2.40. The second kappa shape index (κ2) is 10.8. The van der Waals surface area contributed by atoms with Gasteiger partial charge in [-0.3, -0.25) is 14.3 Å². The van der Waals surface area contributed by atoms with Gasteiger partial charge in [-0.15, -0.1) is 0 Å². The highest BCUT2D eigenvalue weighted by Gasteiger charge is 2.32. The summed E-state index contributed by atoms with van der Waals surface area (Å²) >= 11 is 0. The van der Waals surface area contributed by atoms with Crippen LogP contribution in [-0.4, -0.2) is 64.5 Å². The van der Waals surface area contributed by atoms with E-state index in [0.29, 0.717) is 6.54 Å². The van der Waals surface area contributed by atoms with Crippen LogP contribution in [0.5, 0.6) is 0 Å². The number of piperidine rings is 1. The molecule has 1 amide bonds. The number of rotatable bonds is 5. The number of nitrogens with zero attached hydrogens (tertiary/aromatic N) is 5. The first-order chi connectivity index (χ1) is 19.0. The predicted molar refractivity (Wildman–Crippen MR) is 154 cm³/mol. The van der Waals surface area contributed by atoms with Gasteiger partial charge in [0.2, 0.25) is 5.91 Å². The van der Waals surface area contributed by atoms with Crippen LogP contribution in [0.1, 0.15) is 29.8 Å². The minimum absolute atomic E-state index is 0.00894. The zero-order valence-electron chi connectivity index (χ0n) is 22.8. The smallest absolute Gasteiger partial charge is 0.227 e. The zero-order valence-corrected chi connectivity index (χ0v) is 22.8. The number of benzene rings is 3. The van der Waals surface area contributed by atoms with Crippen molar-refractivity contribution in [2.24, 2.45) is 5.92 Å². The standard InChI is InChI=1S/C32H36FN5O/c1-23-7-5-11-29(24(23)2)36-17-19-37(20-18-36)32(39)25-8-6-16-35(21-25)22-31-34-28-9-3-4-10-30(28)38(31)27-14-12-26(33)13-15-27/h3-5,7,9-15,25H,6,8,16-22H2,1-2H3/t25-/m0/s1. The van der Waals surface area contributed by atoms with Crippen molar-refractivity contribution in [3.8, 4) is 5.69 Å². The van der Waals surface area contributed by atoms with Gasteiger partial charge in [0.05, 0.1) is 23.5 Å². The quantitative estimate of drug-likeness (QED) is 0.353. The Morgan fingerprint density at radius 2 is 1.69 bits per heavy atom. The first kappa shape index (κ1) is 25.6. The Labute approximate surface area is 229 Å². The lowest BCUT2D eigenvalue weighted by atomic mass is 9.96. The maximum absolute atomic E-state index is 13.7. The van der Waals surface area contributed by atoms with Crippen molar-refractivity contribution >= 4 is 22.6 Å². The molecule has 39 heavy (non-hydrogen) atoms.